The van der Waals surface area contributed by atoms with Crippen molar-refractivity contribution in [3.8, 4) is 23.0 Å². The summed E-state index contributed by atoms with van der Waals surface area (Å²) in [6, 6.07) is 0. The zero-order valence-electron chi connectivity index (χ0n) is 22.4. The van der Waals surface area contributed by atoms with Crippen molar-refractivity contribution in [3.63, 3.8) is 0 Å². The number of ether oxygens (including phenoxy) is 3. The lowest BCUT2D eigenvalue weighted by Gasteiger charge is -2.32. The van der Waals surface area contributed by atoms with E-state index in [2.05, 4.69) is 66.7 Å². The van der Waals surface area contributed by atoms with E-state index in [1.807, 2.05) is 13.0 Å². The quantitative estimate of drug-likeness (QED) is 0.362. The molecule has 1 heterocycles. The van der Waals surface area contributed by atoms with E-state index in [9.17, 15) is 5.11 Å². The normalized spacial score (nSPS) is 16.2. The monoisotopic (exact) mass is 456 g/mol. The molecule has 0 aromatic heterocycles. The van der Waals surface area contributed by atoms with Crippen LogP contribution in [0.3, 0.4) is 0 Å². The van der Waals surface area contributed by atoms with Crippen LogP contribution in [-0.2, 0) is 0 Å². The lowest BCUT2D eigenvalue weighted by Crippen LogP contribution is -2.26. The number of benzene rings is 1. The maximum Gasteiger partial charge on any atom is 0.207 e. The molecule has 0 radical (unpaired) electrons. The summed E-state index contributed by atoms with van der Waals surface area (Å²) in [5.41, 5.74) is 4.73. The maximum absolute atomic E-state index is 10.5. The zero-order valence-corrected chi connectivity index (χ0v) is 22.4. The van der Waals surface area contributed by atoms with Gasteiger partial charge in [-0.2, -0.15) is 0 Å². The van der Waals surface area contributed by atoms with Crippen molar-refractivity contribution in [3.05, 3.63) is 40.5 Å². The molecule has 0 bridgehead atoms. The molecule has 0 amide bonds. The van der Waals surface area contributed by atoms with Gasteiger partial charge in [-0.05, 0) is 70.3 Å². The molecular weight excluding hydrogens is 412 g/mol. The number of allylic oxidation sites excluding steroid dienone is 4. The highest BCUT2D eigenvalue weighted by molar-refractivity contribution is 5.75. The van der Waals surface area contributed by atoms with Gasteiger partial charge < -0.3 is 19.3 Å². The fourth-order valence-electron chi connectivity index (χ4n) is 4.46. The van der Waals surface area contributed by atoms with Crippen LogP contribution in [0.25, 0.3) is 6.08 Å². The second-order valence-electron chi connectivity index (χ2n) is 11.2. The van der Waals surface area contributed by atoms with Gasteiger partial charge in [-0.1, -0.05) is 57.1 Å². The van der Waals surface area contributed by atoms with E-state index in [4.69, 9.17) is 14.2 Å². The Labute approximate surface area is 201 Å². The minimum absolute atomic E-state index is 0.0705. The van der Waals surface area contributed by atoms with E-state index >= 15 is 0 Å². The highest BCUT2D eigenvalue weighted by Gasteiger charge is 2.30. The molecule has 2 rings (SSSR count). The Bertz CT molecular complexity index is 928. The molecule has 1 unspecified atom stereocenters. The van der Waals surface area contributed by atoms with Crippen LogP contribution in [-0.4, -0.2) is 25.4 Å². The fraction of sp³-hybridized carbons (Fsp3) is 0.586. The summed E-state index contributed by atoms with van der Waals surface area (Å²) in [7, 11) is 3.10. The maximum atomic E-state index is 10.5. The lowest BCUT2D eigenvalue weighted by atomic mass is 9.79. The second-order valence-corrected chi connectivity index (χ2v) is 11.2. The van der Waals surface area contributed by atoms with Crippen molar-refractivity contribution in [1.29, 1.82) is 0 Å². The van der Waals surface area contributed by atoms with Crippen LogP contribution >= 0.6 is 0 Å². The molecule has 1 aromatic carbocycles. The first-order valence-electron chi connectivity index (χ1n) is 11.9. The predicted molar refractivity (Wildman–Crippen MR) is 139 cm³/mol. The number of rotatable bonds is 10. The lowest BCUT2D eigenvalue weighted by molar-refractivity contribution is 0.164. The topological polar surface area (TPSA) is 47.9 Å². The first-order chi connectivity index (χ1) is 15.3. The third kappa shape index (κ3) is 7.06. The van der Waals surface area contributed by atoms with E-state index in [1.165, 1.54) is 18.3 Å². The number of aromatic hydroxyl groups is 1. The average molecular weight is 457 g/mol. The third-order valence-corrected chi connectivity index (χ3v) is 6.36. The van der Waals surface area contributed by atoms with Crippen molar-refractivity contribution in [1.82, 2.24) is 0 Å². The molecule has 0 aliphatic carbocycles. The zero-order chi connectivity index (χ0) is 25.0. The van der Waals surface area contributed by atoms with Gasteiger partial charge in [0.1, 0.15) is 6.10 Å². The van der Waals surface area contributed by atoms with Crippen molar-refractivity contribution >= 4 is 6.08 Å². The van der Waals surface area contributed by atoms with Gasteiger partial charge in [0.15, 0.2) is 11.5 Å². The van der Waals surface area contributed by atoms with E-state index in [0.29, 0.717) is 17.2 Å². The molecule has 4 heteroatoms. The van der Waals surface area contributed by atoms with Crippen molar-refractivity contribution in [2.45, 2.75) is 87.2 Å². The molecule has 4 nitrogen and oxygen atoms in total. The molecule has 0 saturated heterocycles. The molecular formula is C29H44O4. The van der Waals surface area contributed by atoms with Crippen molar-refractivity contribution in [2.24, 2.45) is 10.8 Å². The summed E-state index contributed by atoms with van der Waals surface area (Å²) in [6.45, 7) is 17.7. The van der Waals surface area contributed by atoms with Crippen molar-refractivity contribution < 1.29 is 19.3 Å². The highest BCUT2D eigenvalue weighted by Crippen LogP contribution is 2.51. The van der Waals surface area contributed by atoms with Crippen LogP contribution in [0, 0.1) is 17.8 Å². The minimum atomic E-state index is -0.0714. The molecule has 1 atom stereocenters. The van der Waals surface area contributed by atoms with E-state index < -0.39 is 0 Å². The standard InChI is InChI=1S/C29H44O4/c1-19(2)13-15-28(5,6)17-20(3)14-16-29(7,8)18-22-11-12-23-21(4)24(30)26(31-9)27(32-10)25(23)33-22/h11-14,22,30H,15-18H2,1-10H3/b20-14+. The van der Waals surface area contributed by atoms with Crippen LogP contribution in [0.5, 0.6) is 23.0 Å². The molecule has 33 heavy (non-hydrogen) atoms. The smallest absolute Gasteiger partial charge is 0.207 e. The Hall–Kier alpha value is -2.36. The first kappa shape index (κ1) is 26.9. The Morgan fingerprint density at radius 1 is 1.00 bits per heavy atom. The largest absolute Gasteiger partial charge is 0.504 e. The predicted octanol–water partition coefficient (Wildman–Crippen LogP) is 8.02. The van der Waals surface area contributed by atoms with Crippen LogP contribution in [0.1, 0.15) is 85.3 Å². The van der Waals surface area contributed by atoms with Gasteiger partial charge in [-0.25, -0.2) is 0 Å². The SMILES string of the molecule is COc1c(O)c(C)c2c(c1OC)OC(CC(C)(C)C/C=C(\C)CC(C)(C)CC=C(C)C)C=C2. The molecule has 1 N–H and O–H groups in total. The van der Waals surface area contributed by atoms with Gasteiger partial charge in [-0.15, -0.1) is 0 Å². The van der Waals surface area contributed by atoms with Crippen LogP contribution in [0.15, 0.2) is 29.4 Å². The summed E-state index contributed by atoms with van der Waals surface area (Å²) >= 11 is 0. The highest BCUT2D eigenvalue weighted by atomic mass is 16.5. The van der Waals surface area contributed by atoms with E-state index in [0.717, 1.165) is 36.8 Å². The van der Waals surface area contributed by atoms with Gasteiger partial charge in [0.2, 0.25) is 11.5 Å². The summed E-state index contributed by atoms with van der Waals surface area (Å²) in [5.74, 6) is 1.49. The first-order valence-corrected chi connectivity index (χ1v) is 11.9. The molecule has 0 saturated carbocycles. The minimum Gasteiger partial charge on any atom is -0.504 e. The van der Waals surface area contributed by atoms with Gasteiger partial charge in [-0.3, -0.25) is 0 Å². The number of phenols is 1. The molecule has 1 aromatic rings. The molecule has 0 spiro atoms. The second kappa shape index (κ2) is 10.7. The van der Waals surface area contributed by atoms with Crippen LogP contribution < -0.4 is 14.2 Å². The number of hydrogen-bond acceptors (Lipinski definition) is 4. The van der Waals surface area contributed by atoms with Gasteiger partial charge in [0, 0.05) is 11.1 Å². The van der Waals surface area contributed by atoms with Crippen LogP contribution in [0.2, 0.25) is 0 Å². The summed E-state index contributed by atoms with van der Waals surface area (Å²) in [5, 5.41) is 10.5. The molecule has 184 valence electrons. The van der Waals surface area contributed by atoms with E-state index in [1.54, 1.807) is 7.11 Å². The summed E-state index contributed by atoms with van der Waals surface area (Å²) in [4.78, 5) is 0. The van der Waals surface area contributed by atoms with E-state index in [-0.39, 0.29) is 22.7 Å². The number of phenolic OH excluding ortho intramolecular Hbond substituents is 1. The molecule has 1 aliphatic rings. The summed E-state index contributed by atoms with van der Waals surface area (Å²) < 4.78 is 17.3. The molecule has 0 fully saturated rings. The fourth-order valence-corrected chi connectivity index (χ4v) is 4.46. The summed E-state index contributed by atoms with van der Waals surface area (Å²) in [6.07, 6.45) is 12.8. The van der Waals surface area contributed by atoms with Gasteiger partial charge in [0.05, 0.1) is 14.2 Å². The number of fused-ring (bicyclic) bond motifs is 1. The Morgan fingerprint density at radius 2 is 1.61 bits per heavy atom. The van der Waals surface area contributed by atoms with Gasteiger partial charge in [0.25, 0.3) is 0 Å². The Kier molecular flexibility index (Phi) is 8.73. The average Bonchev–Trinajstić information content (AvgIpc) is 2.72. The van der Waals surface area contributed by atoms with Crippen molar-refractivity contribution in [2.75, 3.05) is 14.2 Å². The number of hydrogen-bond donors (Lipinski definition) is 1. The van der Waals surface area contributed by atoms with Gasteiger partial charge >= 0.3 is 0 Å². The Morgan fingerprint density at radius 3 is 2.18 bits per heavy atom. The number of methoxy groups -OCH3 is 2. The molecule has 1 aliphatic heterocycles. The Balaban J connectivity index is 2.11. The third-order valence-electron chi connectivity index (χ3n) is 6.36. The van der Waals surface area contributed by atoms with Crippen LogP contribution in [0.4, 0.5) is 0 Å².